The number of rotatable bonds is 4. The summed E-state index contributed by atoms with van der Waals surface area (Å²) in [6.45, 7) is 6.78. The predicted octanol–water partition coefficient (Wildman–Crippen LogP) is 5.95. The first-order chi connectivity index (χ1) is 14.8. The van der Waals surface area contributed by atoms with Crippen LogP contribution >= 0.6 is 11.3 Å². The lowest BCUT2D eigenvalue weighted by molar-refractivity contribution is 0.0686. The Kier molecular flexibility index (Phi) is 4.44. The van der Waals surface area contributed by atoms with Crippen LogP contribution in [0.4, 0.5) is 0 Å². The molecule has 5 aromatic rings. The van der Waals surface area contributed by atoms with E-state index < -0.39 is 5.97 Å². The van der Waals surface area contributed by atoms with Gasteiger partial charge in [0.25, 0.3) is 0 Å². The van der Waals surface area contributed by atoms with Gasteiger partial charge in [0.1, 0.15) is 5.58 Å². The van der Waals surface area contributed by atoms with Crippen molar-refractivity contribution in [2.75, 3.05) is 0 Å². The average Bonchev–Trinajstić information content (AvgIpc) is 3.42. The van der Waals surface area contributed by atoms with Gasteiger partial charge in [-0.2, -0.15) is 5.10 Å². The second-order valence-electron chi connectivity index (χ2n) is 8.60. The fourth-order valence-corrected chi connectivity index (χ4v) is 4.62. The van der Waals surface area contributed by atoms with Crippen LogP contribution in [0.3, 0.4) is 0 Å². The number of aromatic nitrogens is 3. The normalized spacial score (nSPS) is 12.1. The first-order valence-corrected chi connectivity index (χ1v) is 10.9. The van der Waals surface area contributed by atoms with Crippen molar-refractivity contribution in [3.63, 3.8) is 0 Å². The number of carboxylic acids is 1. The Hall–Kier alpha value is -3.45. The summed E-state index contributed by atoms with van der Waals surface area (Å²) in [5.74, 6) is -0.248. The molecule has 0 radical (unpaired) electrons. The third-order valence-electron chi connectivity index (χ3n) is 5.24. The van der Waals surface area contributed by atoms with E-state index in [4.69, 9.17) is 9.40 Å². The van der Waals surface area contributed by atoms with Gasteiger partial charge >= 0.3 is 5.97 Å². The molecular formula is C24H21N3O3S. The smallest absolute Gasteiger partial charge is 0.354 e. The van der Waals surface area contributed by atoms with Crippen molar-refractivity contribution in [3.05, 3.63) is 70.9 Å². The van der Waals surface area contributed by atoms with E-state index in [0.717, 1.165) is 33.0 Å². The van der Waals surface area contributed by atoms with E-state index in [-0.39, 0.29) is 11.1 Å². The molecule has 0 saturated heterocycles. The zero-order valence-corrected chi connectivity index (χ0v) is 18.2. The summed E-state index contributed by atoms with van der Waals surface area (Å²) in [7, 11) is 0. The summed E-state index contributed by atoms with van der Waals surface area (Å²) in [5.41, 5.74) is 3.62. The van der Waals surface area contributed by atoms with Gasteiger partial charge in [-0.1, -0.05) is 45.0 Å². The second kappa shape index (κ2) is 7.06. The lowest BCUT2D eigenvalue weighted by Crippen LogP contribution is -2.11. The molecule has 5 rings (SSSR count). The lowest BCUT2D eigenvalue weighted by atomic mass is 9.93. The Labute approximate surface area is 182 Å². The SMILES string of the molecule is CC(C)(C)c1csc(-c2cc3cc(Cn4nc5ccccc5c4C(=O)O)ccc3o2)n1. The van der Waals surface area contributed by atoms with E-state index in [0.29, 0.717) is 17.4 Å². The maximum atomic E-state index is 11.9. The third kappa shape index (κ3) is 3.51. The van der Waals surface area contributed by atoms with Crippen LogP contribution in [0.1, 0.15) is 42.5 Å². The van der Waals surface area contributed by atoms with Gasteiger partial charge in [-0.15, -0.1) is 11.3 Å². The van der Waals surface area contributed by atoms with Crippen LogP contribution in [0.15, 0.2) is 58.3 Å². The van der Waals surface area contributed by atoms with E-state index in [1.165, 1.54) is 0 Å². The maximum absolute atomic E-state index is 11.9. The van der Waals surface area contributed by atoms with Gasteiger partial charge in [0.05, 0.1) is 17.8 Å². The molecule has 1 N–H and O–H groups in total. The summed E-state index contributed by atoms with van der Waals surface area (Å²) in [6.07, 6.45) is 0. The van der Waals surface area contributed by atoms with Crippen LogP contribution in [0.25, 0.3) is 32.6 Å². The van der Waals surface area contributed by atoms with E-state index in [1.807, 2.05) is 42.5 Å². The van der Waals surface area contributed by atoms with E-state index >= 15 is 0 Å². The van der Waals surface area contributed by atoms with Crippen molar-refractivity contribution in [1.29, 1.82) is 0 Å². The van der Waals surface area contributed by atoms with Crippen LogP contribution in [-0.4, -0.2) is 25.8 Å². The summed E-state index contributed by atoms with van der Waals surface area (Å²) in [5, 5.41) is 18.7. The van der Waals surface area contributed by atoms with Gasteiger partial charge in [0.2, 0.25) is 0 Å². The molecule has 0 aliphatic rings. The van der Waals surface area contributed by atoms with E-state index in [2.05, 4.69) is 31.2 Å². The topological polar surface area (TPSA) is 81.2 Å². The number of hydrogen-bond acceptors (Lipinski definition) is 5. The molecule has 0 saturated carbocycles. The molecule has 0 amide bonds. The number of aromatic carboxylic acids is 1. The minimum atomic E-state index is -0.987. The molecule has 2 aromatic carbocycles. The number of furan rings is 1. The van der Waals surface area contributed by atoms with Gasteiger partial charge in [0, 0.05) is 21.6 Å². The number of fused-ring (bicyclic) bond motifs is 2. The minimum Gasteiger partial charge on any atom is -0.477 e. The Bertz CT molecular complexity index is 1440. The quantitative estimate of drug-likeness (QED) is 0.380. The van der Waals surface area contributed by atoms with Crippen molar-refractivity contribution >= 4 is 39.2 Å². The molecule has 3 heterocycles. The van der Waals surface area contributed by atoms with Crippen molar-refractivity contribution in [3.8, 4) is 10.8 Å². The number of thiazole rings is 1. The zero-order valence-electron chi connectivity index (χ0n) is 17.4. The molecule has 0 spiro atoms. The molecule has 0 bridgehead atoms. The number of carbonyl (C=O) groups is 1. The molecular weight excluding hydrogens is 410 g/mol. The van der Waals surface area contributed by atoms with Crippen LogP contribution in [0.2, 0.25) is 0 Å². The fourth-order valence-electron chi connectivity index (χ4n) is 3.62. The Morgan fingerprint density at radius 1 is 1.16 bits per heavy atom. The Morgan fingerprint density at radius 3 is 2.71 bits per heavy atom. The van der Waals surface area contributed by atoms with Gasteiger partial charge in [0.15, 0.2) is 16.5 Å². The Balaban J connectivity index is 1.50. The second-order valence-corrected chi connectivity index (χ2v) is 9.46. The summed E-state index contributed by atoms with van der Waals surface area (Å²) < 4.78 is 7.57. The van der Waals surface area contributed by atoms with Gasteiger partial charge < -0.3 is 9.52 Å². The zero-order chi connectivity index (χ0) is 21.8. The van der Waals surface area contributed by atoms with Crippen LogP contribution < -0.4 is 0 Å². The fraction of sp³-hybridized carbons (Fsp3) is 0.208. The minimum absolute atomic E-state index is 0.0108. The van der Waals surface area contributed by atoms with Crippen LogP contribution in [0, 0.1) is 0 Å². The van der Waals surface area contributed by atoms with Crippen molar-refractivity contribution in [2.45, 2.75) is 32.7 Å². The van der Waals surface area contributed by atoms with Gasteiger partial charge in [-0.25, -0.2) is 9.78 Å². The molecule has 7 heteroatoms. The van der Waals surface area contributed by atoms with Crippen molar-refractivity contribution in [1.82, 2.24) is 14.8 Å². The molecule has 0 aliphatic carbocycles. The monoisotopic (exact) mass is 431 g/mol. The first-order valence-electron chi connectivity index (χ1n) is 9.97. The van der Waals surface area contributed by atoms with Crippen molar-refractivity contribution < 1.29 is 14.3 Å². The standard InChI is InChI=1S/C24H21N3O3S/c1-24(2,3)20-13-31-22(25-20)19-11-15-10-14(8-9-18(15)30-19)12-27-21(23(28)29)16-6-4-5-7-17(16)26-27/h4-11,13H,12H2,1-3H3,(H,28,29). The van der Waals surface area contributed by atoms with Crippen molar-refractivity contribution in [2.24, 2.45) is 0 Å². The molecule has 156 valence electrons. The largest absolute Gasteiger partial charge is 0.477 e. The van der Waals surface area contributed by atoms with Crippen LogP contribution in [0.5, 0.6) is 0 Å². The maximum Gasteiger partial charge on any atom is 0.354 e. The number of nitrogens with zero attached hydrogens (tertiary/aromatic N) is 3. The molecule has 0 aliphatic heterocycles. The van der Waals surface area contributed by atoms with Crippen LogP contribution in [-0.2, 0) is 12.0 Å². The third-order valence-corrected chi connectivity index (χ3v) is 6.10. The Morgan fingerprint density at radius 2 is 1.97 bits per heavy atom. The molecule has 6 nitrogen and oxygen atoms in total. The average molecular weight is 432 g/mol. The number of benzene rings is 2. The number of carboxylic acid groups (broad SMARTS) is 1. The first kappa shape index (κ1) is 19.5. The predicted molar refractivity (Wildman–Crippen MR) is 122 cm³/mol. The highest BCUT2D eigenvalue weighted by Gasteiger charge is 2.20. The highest BCUT2D eigenvalue weighted by molar-refractivity contribution is 7.13. The van der Waals surface area contributed by atoms with E-state index in [9.17, 15) is 9.90 Å². The summed E-state index contributed by atoms with van der Waals surface area (Å²) >= 11 is 1.57. The highest BCUT2D eigenvalue weighted by Crippen LogP contribution is 2.33. The number of hydrogen-bond donors (Lipinski definition) is 1. The molecule has 0 atom stereocenters. The molecule has 3 aromatic heterocycles. The lowest BCUT2D eigenvalue weighted by Gasteiger charge is -2.13. The molecule has 31 heavy (non-hydrogen) atoms. The summed E-state index contributed by atoms with van der Waals surface area (Å²) in [4.78, 5) is 16.6. The molecule has 0 fully saturated rings. The van der Waals surface area contributed by atoms with Gasteiger partial charge in [-0.05, 0) is 29.8 Å². The highest BCUT2D eigenvalue weighted by atomic mass is 32.1. The van der Waals surface area contributed by atoms with Gasteiger partial charge in [-0.3, -0.25) is 4.68 Å². The van der Waals surface area contributed by atoms with E-state index in [1.54, 1.807) is 22.1 Å². The molecule has 0 unspecified atom stereocenters. The summed E-state index contributed by atoms with van der Waals surface area (Å²) in [6, 6.07) is 15.1.